The minimum absolute atomic E-state index is 0.0290. The van der Waals surface area contributed by atoms with E-state index in [0.29, 0.717) is 64.3 Å². The van der Waals surface area contributed by atoms with Crippen molar-refractivity contribution in [3.8, 4) is 0 Å². The van der Waals surface area contributed by atoms with E-state index < -0.39 is 91.4 Å². The first-order valence-electron chi connectivity index (χ1n) is 26.7. The molecule has 17 atom stereocenters. The summed E-state index contributed by atoms with van der Waals surface area (Å²) in [5.74, 6) is -2.78. The molecule has 8 saturated heterocycles. The molecule has 3 amide bonds. The van der Waals surface area contributed by atoms with Crippen LogP contribution in [0.1, 0.15) is 122 Å². The minimum Gasteiger partial charge on any atom is -0.428 e. The molecule has 9 aliphatic heterocycles. The third kappa shape index (κ3) is 11.5. The maximum atomic E-state index is 14.3. The molecular weight excluding hydrogens is 937 g/mol. The predicted octanol–water partition coefficient (Wildman–Crippen LogP) is 4.18. The van der Waals surface area contributed by atoms with Crippen molar-refractivity contribution in [2.45, 2.75) is 219 Å². The number of amides is 3. The van der Waals surface area contributed by atoms with Crippen LogP contribution in [0, 0.1) is 17.8 Å². The number of esters is 1. The van der Waals surface area contributed by atoms with Crippen molar-refractivity contribution in [1.29, 1.82) is 0 Å². The molecule has 0 unspecified atom stereocenters. The van der Waals surface area contributed by atoms with Crippen molar-refractivity contribution in [3.63, 3.8) is 0 Å². The zero-order chi connectivity index (χ0) is 50.3. The van der Waals surface area contributed by atoms with Crippen LogP contribution in [-0.4, -0.2) is 169 Å². The Bertz CT molecular complexity index is 2060. The molecule has 3 N–H and O–H groups in total. The molecule has 0 radical (unpaired) electrons. The summed E-state index contributed by atoms with van der Waals surface area (Å²) < 4.78 is 63.4. The monoisotopic (exact) mass is 1010 g/mol. The van der Waals surface area contributed by atoms with E-state index in [1.807, 2.05) is 0 Å². The second-order valence-corrected chi connectivity index (χ2v) is 22.2. The van der Waals surface area contributed by atoms with Crippen LogP contribution in [0.4, 0.5) is 4.79 Å². The normalized spacial score (nSPS) is 42.7. The molecule has 0 aromatic carbocycles. The summed E-state index contributed by atoms with van der Waals surface area (Å²) in [4.78, 5) is 64.9. The Kier molecular flexibility index (Phi) is 16.1. The molecule has 10 rings (SSSR count). The zero-order valence-electron chi connectivity index (χ0n) is 41.5. The van der Waals surface area contributed by atoms with Crippen molar-refractivity contribution in [3.05, 3.63) is 36.5 Å². The molecule has 398 valence electrons. The fourth-order valence-corrected chi connectivity index (χ4v) is 13.5. The van der Waals surface area contributed by atoms with Gasteiger partial charge in [0.05, 0.1) is 73.1 Å². The molecule has 0 aromatic heterocycles. The number of nitrogens with zero attached hydrogens (tertiary/aromatic N) is 1. The first-order valence-corrected chi connectivity index (χ1v) is 26.7. The number of rotatable bonds is 10. The summed E-state index contributed by atoms with van der Waals surface area (Å²) in [7, 11) is 1.57. The van der Waals surface area contributed by atoms with E-state index >= 15 is 0 Å². The highest BCUT2D eigenvalue weighted by molar-refractivity contribution is 6.12. The van der Waals surface area contributed by atoms with Gasteiger partial charge < -0.3 is 62.9 Å². The molecular formula is C53H74N2O17. The molecule has 19 heteroatoms. The van der Waals surface area contributed by atoms with Gasteiger partial charge in [0.25, 0.3) is 11.8 Å². The lowest BCUT2D eigenvalue weighted by Crippen LogP contribution is -2.63. The lowest BCUT2D eigenvalue weighted by atomic mass is 9.82. The molecule has 72 heavy (non-hydrogen) atoms. The van der Waals surface area contributed by atoms with Crippen LogP contribution < -0.4 is 5.32 Å². The summed E-state index contributed by atoms with van der Waals surface area (Å²) in [6.07, 6.45) is 5.50. The summed E-state index contributed by atoms with van der Waals surface area (Å²) in [5, 5.41) is 25.5. The second-order valence-electron chi connectivity index (χ2n) is 22.2. The predicted molar refractivity (Wildman–Crippen MR) is 251 cm³/mol. The Morgan fingerprint density at radius 1 is 0.764 bits per heavy atom. The minimum atomic E-state index is -1.09. The van der Waals surface area contributed by atoms with E-state index in [-0.39, 0.29) is 85.9 Å². The standard InChI is InChI=1S/C53H74N2O17/c1-28-4-9-34-10-12-38-29(2)20-36(67-38)16-18-53-19-17-40(71-53)48-46(60)50(72-53)49-39(70-48)13-11-35(68-49)21-32(56)22-37-42(24-41(28)66-34)69-43(47(37)63-3)23-33(57)25-54-52(62)65-27-64-51(61)31-7-5-30(6-8-31)26-55-44(58)14-15-45(55)59/h14-15,30-31,33-43,46-50,57,60H,1-2,4-13,16-27H2,3H3,(H,54,62)/t30?,31?,33-,34+,35+,36-,37-,38-,39-,40-,41+,42-,43+,46+,47+,48-,49-,50+,53-/m0/s1. The molecule has 19 nitrogen and oxygen atoms in total. The smallest absolute Gasteiger partial charge is 0.410 e. The van der Waals surface area contributed by atoms with Crippen molar-refractivity contribution < 1.29 is 81.6 Å². The number of carbonyl (C=O) groups excluding carboxylic acids is 5. The third-order valence-corrected chi connectivity index (χ3v) is 17.4. The number of Topliss-reactive ketones (excluding diaryl/α,β-unsaturated/α-hetero) is 1. The van der Waals surface area contributed by atoms with Gasteiger partial charge in [0.1, 0.15) is 30.2 Å². The van der Waals surface area contributed by atoms with Crippen LogP contribution in [0.15, 0.2) is 36.5 Å². The van der Waals surface area contributed by atoms with E-state index in [4.69, 9.17) is 47.4 Å². The van der Waals surface area contributed by atoms with Gasteiger partial charge in [0.2, 0.25) is 6.79 Å². The molecule has 9 fully saturated rings. The van der Waals surface area contributed by atoms with Gasteiger partial charge in [0, 0.05) is 76.8 Å². The zero-order valence-corrected chi connectivity index (χ0v) is 41.5. The molecule has 1 aliphatic carbocycles. The number of carbonyl (C=O) groups is 5. The summed E-state index contributed by atoms with van der Waals surface area (Å²) in [6, 6.07) is 0. The average molecular weight is 1010 g/mol. The van der Waals surface area contributed by atoms with Crippen molar-refractivity contribution in [2.24, 2.45) is 17.8 Å². The van der Waals surface area contributed by atoms with E-state index in [9.17, 15) is 34.2 Å². The second kappa shape index (κ2) is 22.3. The van der Waals surface area contributed by atoms with Crippen molar-refractivity contribution in [1.82, 2.24) is 10.2 Å². The number of ketones is 1. The number of aliphatic hydroxyl groups is 2. The quantitative estimate of drug-likeness (QED) is 0.121. The topological polar surface area (TPSA) is 233 Å². The number of imide groups is 1. The largest absolute Gasteiger partial charge is 0.428 e. The number of nitrogens with one attached hydrogen (secondary N) is 1. The number of hydrogen-bond donors (Lipinski definition) is 3. The highest BCUT2D eigenvalue weighted by atomic mass is 16.7. The molecule has 1 saturated carbocycles. The summed E-state index contributed by atoms with van der Waals surface area (Å²) >= 11 is 0. The molecule has 10 aliphatic rings. The van der Waals surface area contributed by atoms with E-state index in [1.54, 1.807) is 7.11 Å². The molecule has 9 heterocycles. The number of ether oxygens (including phenoxy) is 10. The van der Waals surface area contributed by atoms with Crippen molar-refractivity contribution in [2.75, 3.05) is 27.0 Å². The number of aliphatic hydroxyl groups excluding tert-OH is 2. The Hall–Kier alpha value is -3.63. The van der Waals surface area contributed by atoms with Gasteiger partial charge in [-0.1, -0.05) is 13.2 Å². The number of alkyl carbamates (subject to hydrolysis) is 1. The van der Waals surface area contributed by atoms with E-state index in [0.717, 1.165) is 56.1 Å². The first-order chi connectivity index (χ1) is 34.7. The van der Waals surface area contributed by atoms with E-state index in [2.05, 4.69) is 18.5 Å². The Morgan fingerprint density at radius 2 is 1.51 bits per heavy atom. The van der Waals surface area contributed by atoms with Crippen molar-refractivity contribution >= 4 is 29.7 Å². The lowest BCUT2D eigenvalue weighted by Gasteiger charge is -2.49. The molecule has 0 aromatic rings. The maximum Gasteiger partial charge on any atom is 0.410 e. The van der Waals surface area contributed by atoms with Crippen LogP contribution in [0.25, 0.3) is 0 Å². The SMILES string of the molecule is C=C1C[C@@H]2CC[C@]34CC[C@H](O3)[C@@H]3O[C@H]5CC[C@H](CC(=O)C[C@@H]6[C@@H](OC)[C@@H](C[C@H](O)CNC(=O)OCOC(=O)C7CCC(CN8C(=O)C=CC8=O)CC7)O[C@H]6C[C@H]6O[C@H](CCC6=C)CC[C@@H]1O2)O[C@@H]5[C@H](O4)[C@@H]3O. The first kappa shape index (κ1) is 51.8. The molecule has 10 bridgehead atoms. The van der Waals surface area contributed by atoms with Crippen LogP contribution in [0.2, 0.25) is 0 Å². The highest BCUT2D eigenvalue weighted by Gasteiger charge is 2.60. The highest BCUT2D eigenvalue weighted by Crippen LogP contribution is 2.49. The van der Waals surface area contributed by atoms with Crippen LogP contribution in [0.3, 0.4) is 0 Å². The van der Waals surface area contributed by atoms with Gasteiger partial charge in [-0.3, -0.25) is 24.1 Å². The van der Waals surface area contributed by atoms with Crippen LogP contribution in [-0.2, 0) is 66.5 Å². The van der Waals surface area contributed by atoms with Gasteiger partial charge in [-0.25, -0.2) is 4.79 Å². The van der Waals surface area contributed by atoms with Crippen LogP contribution in [0.5, 0.6) is 0 Å². The Labute approximate surface area is 420 Å². The fourth-order valence-electron chi connectivity index (χ4n) is 13.5. The van der Waals surface area contributed by atoms with Crippen LogP contribution >= 0.6 is 0 Å². The van der Waals surface area contributed by atoms with Gasteiger partial charge in [0.15, 0.2) is 5.79 Å². The number of methoxy groups -OCH3 is 1. The third-order valence-electron chi connectivity index (χ3n) is 17.4. The van der Waals surface area contributed by atoms with Gasteiger partial charge in [-0.05, 0) is 101 Å². The van der Waals surface area contributed by atoms with E-state index in [1.165, 1.54) is 17.1 Å². The number of fused-ring (bicyclic) bond motifs is 9. The molecule has 1 spiro atoms. The Balaban J connectivity index is 0.758. The summed E-state index contributed by atoms with van der Waals surface area (Å²) in [5.41, 5.74) is 2.03. The summed E-state index contributed by atoms with van der Waals surface area (Å²) in [6.45, 7) is 8.32. The van der Waals surface area contributed by atoms with Gasteiger partial charge in [-0.2, -0.15) is 0 Å². The van der Waals surface area contributed by atoms with Gasteiger partial charge in [-0.15, -0.1) is 0 Å². The maximum absolute atomic E-state index is 14.3. The van der Waals surface area contributed by atoms with Gasteiger partial charge >= 0.3 is 12.1 Å². The average Bonchev–Trinajstić information content (AvgIpc) is 4.11. The number of hydrogen-bond acceptors (Lipinski definition) is 17. The fraction of sp³-hybridized carbons (Fsp3) is 0.792. The lowest BCUT2D eigenvalue weighted by molar-refractivity contribution is -0.299. The Morgan fingerprint density at radius 3 is 2.31 bits per heavy atom.